The van der Waals surface area contributed by atoms with Crippen molar-refractivity contribution < 1.29 is 19.4 Å². The Morgan fingerprint density at radius 2 is 1.83 bits per heavy atom. The Balaban J connectivity index is 1.38. The van der Waals surface area contributed by atoms with Gasteiger partial charge in [0.25, 0.3) is 0 Å². The van der Waals surface area contributed by atoms with Crippen molar-refractivity contribution in [3.05, 3.63) is 62.6 Å². The van der Waals surface area contributed by atoms with E-state index in [2.05, 4.69) is 17.4 Å². The number of phenols is 1. The van der Waals surface area contributed by atoms with E-state index in [1.54, 1.807) is 30.9 Å². The first-order valence-electron chi connectivity index (χ1n) is 12.2. The fourth-order valence-corrected chi connectivity index (χ4v) is 9.55. The molecule has 2 fully saturated rings. The Bertz CT molecular complexity index is 1370. The van der Waals surface area contributed by atoms with Crippen LogP contribution in [0.2, 0.25) is 0 Å². The van der Waals surface area contributed by atoms with Gasteiger partial charge in [0, 0.05) is 21.7 Å². The number of methoxy groups -OCH3 is 2. The summed E-state index contributed by atoms with van der Waals surface area (Å²) in [5.41, 5.74) is 1.72. The molecule has 9 heteroatoms. The summed E-state index contributed by atoms with van der Waals surface area (Å²) in [6.45, 7) is -0.0390. The van der Waals surface area contributed by atoms with Gasteiger partial charge in [-0.1, -0.05) is 17.4 Å². The van der Waals surface area contributed by atoms with Crippen molar-refractivity contribution in [1.82, 2.24) is 4.57 Å². The summed E-state index contributed by atoms with van der Waals surface area (Å²) >= 11 is 3.08. The topological polar surface area (TPSA) is 89.8 Å². The van der Waals surface area contributed by atoms with Crippen molar-refractivity contribution in [1.29, 1.82) is 0 Å². The van der Waals surface area contributed by atoms with E-state index in [1.807, 2.05) is 17.8 Å². The largest absolute Gasteiger partial charge is 0.508 e. The Morgan fingerprint density at radius 1 is 1.08 bits per heavy atom. The molecule has 5 atom stereocenters. The Hall–Kier alpha value is -2.91. The summed E-state index contributed by atoms with van der Waals surface area (Å²) in [6.07, 6.45) is 3.73. The van der Waals surface area contributed by atoms with Crippen LogP contribution in [0.25, 0.3) is 0 Å². The van der Waals surface area contributed by atoms with E-state index >= 15 is 0 Å². The van der Waals surface area contributed by atoms with Crippen LogP contribution in [0, 0.1) is 17.8 Å². The van der Waals surface area contributed by atoms with E-state index in [4.69, 9.17) is 9.47 Å². The van der Waals surface area contributed by atoms with Gasteiger partial charge in [-0.15, -0.1) is 11.8 Å². The molecule has 2 aromatic carbocycles. The average molecular weight is 525 g/mol. The zero-order valence-corrected chi connectivity index (χ0v) is 21.7. The van der Waals surface area contributed by atoms with Gasteiger partial charge in [-0.2, -0.15) is 0 Å². The molecule has 7 nitrogen and oxygen atoms in total. The number of amides is 1. The minimum atomic E-state index is -0.262. The number of nitrogens with zero attached hydrogens (tertiary/aromatic N) is 1. The number of thioether (sulfide) groups is 1. The molecule has 1 amide bonds. The lowest BCUT2D eigenvalue weighted by molar-refractivity contribution is -0.116. The van der Waals surface area contributed by atoms with Gasteiger partial charge < -0.3 is 19.9 Å². The summed E-state index contributed by atoms with van der Waals surface area (Å²) in [7, 11) is 3.28. The molecule has 2 saturated carbocycles. The summed E-state index contributed by atoms with van der Waals surface area (Å²) < 4.78 is 12.7. The molecule has 36 heavy (non-hydrogen) atoms. The lowest BCUT2D eigenvalue weighted by Gasteiger charge is -2.40. The number of thiazole rings is 1. The van der Waals surface area contributed by atoms with E-state index in [9.17, 15) is 14.7 Å². The number of nitrogens with one attached hydrogen (secondary N) is 1. The lowest BCUT2D eigenvalue weighted by Crippen LogP contribution is -2.34. The van der Waals surface area contributed by atoms with Gasteiger partial charge >= 0.3 is 4.87 Å². The van der Waals surface area contributed by atoms with Crippen LogP contribution in [-0.2, 0) is 11.3 Å². The number of phenolic OH excluding ortho intramolecular Hbond substituents is 1. The monoisotopic (exact) mass is 524 g/mol. The van der Waals surface area contributed by atoms with E-state index in [-0.39, 0.29) is 29.0 Å². The van der Waals surface area contributed by atoms with Crippen molar-refractivity contribution in [2.45, 2.75) is 42.0 Å². The molecule has 0 saturated heterocycles. The standard InChI is InChI=1S/C27H28N2O5S2/c1-33-19-10-5-15(12-20(19)34-2)23-22-14-3-4-16(11-14)24(22)35-26-25(23)36-27(32)29(26)13-21(31)28-17-6-8-18(30)9-7-17/h5-10,12,14,16,22-24,30H,3-4,11,13H2,1-2H3,(H,28,31)/t14?,16?,22?,23-,24?/m0/s1. The van der Waals surface area contributed by atoms with Crippen LogP contribution in [0.4, 0.5) is 5.69 Å². The number of hydrogen-bond donors (Lipinski definition) is 2. The molecule has 2 aliphatic carbocycles. The number of benzene rings is 2. The molecule has 188 valence electrons. The number of carbonyl (C=O) groups is 1. The van der Waals surface area contributed by atoms with Crippen LogP contribution < -0.4 is 19.7 Å². The maximum absolute atomic E-state index is 13.2. The van der Waals surface area contributed by atoms with Gasteiger partial charge in [-0.05, 0) is 79.0 Å². The molecule has 2 N–H and O–H groups in total. The second kappa shape index (κ2) is 9.19. The fourth-order valence-electron chi connectivity index (χ4n) is 6.40. The molecular formula is C27H28N2O5S2. The predicted molar refractivity (Wildman–Crippen MR) is 141 cm³/mol. The number of carbonyl (C=O) groups excluding carboxylic acids is 1. The summed E-state index contributed by atoms with van der Waals surface area (Å²) in [6, 6.07) is 12.4. The van der Waals surface area contributed by atoms with Crippen LogP contribution in [0.1, 0.15) is 35.6 Å². The van der Waals surface area contributed by atoms with Crippen LogP contribution in [0.5, 0.6) is 17.2 Å². The van der Waals surface area contributed by atoms with Crippen LogP contribution >= 0.6 is 23.1 Å². The van der Waals surface area contributed by atoms with Crippen molar-refractivity contribution in [2.24, 2.45) is 17.8 Å². The minimum absolute atomic E-state index is 0.0390. The number of ether oxygens (including phenoxy) is 2. The molecule has 2 bridgehead atoms. The SMILES string of the molecule is COc1ccc([C@@H]2c3sc(=O)n(CC(=O)Nc4ccc(O)cc4)c3SC3C4CCC(C4)C32)cc1OC. The van der Waals surface area contributed by atoms with E-state index in [1.165, 1.54) is 42.7 Å². The molecule has 3 aromatic rings. The molecule has 1 aromatic heterocycles. The molecule has 2 heterocycles. The zero-order chi connectivity index (χ0) is 25.0. The quantitative estimate of drug-likeness (QED) is 0.445. The van der Waals surface area contributed by atoms with Gasteiger partial charge in [0.1, 0.15) is 12.3 Å². The molecule has 0 radical (unpaired) electrons. The van der Waals surface area contributed by atoms with Gasteiger partial charge in [-0.3, -0.25) is 14.2 Å². The maximum atomic E-state index is 13.2. The first kappa shape index (κ1) is 23.5. The van der Waals surface area contributed by atoms with Gasteiger partial charge in [0.15, 0.2) is 11.5 Å². The van der Waals surface area contributed by atoms with Gasteiger partial charge in [0.2, 0.25) is 5.91 Å². The molecule has 0 spiro atoms. The van der Waals surface area contributed by atoms with E-state index < -0.39 is 0 Å². The molecule has 4 unspecified atom stereocenters. The third-order valence-electron chi connectivity index (χ3n) is 7.91. The van der Waals surface area contributed by atoms with Crippen LogP contribution in [-0.4, -0.2) is 35.1 Å². The molecule has 1 aliphatic heterocycles. The average Bonchev–Trinajstić information content (AvgIpc) is 3.58. The third-order valence-corrected chi connectivity index (χ3v) is 10.7. The Morgan fingerprint density at radius 3 is 2.58 bits per heavy atom. The number of anilines is 1. The Labute approximate surface area is 217 Å². The number of hydrogen-bond acceptors (Lipinski definition) is 7. The minimum Gasteiger partial charge on any atom is -0.508 e. The number of fused-ring (bicyclic) bond motifs is 6. The summed E-state index contributed by atoms with van der Waals surface area (Å²) in [5, 5.41) is 13.7. The van der Waals surface area contributed by atoms with Crippen LogP contribution in [0.3, 0.4) is 0 Å². The van der Waals surface area contributed by atoms with Crippen LogP contribution in [0.15, 0.2) is 52.3 Å². The fraction of sp³-hybridized carbons (Fsp3) is 0.407. The zero-order valence-electron chi connectivity index (χ0n) is 20.1. The van der Waals surface area contributed by atoms with Gasteiger partial charge in [0.05, 0.1) is 19.2 Å². The second-order valence-corrected chi connectivity index (χ2v) is 12.0. The highest BCUT2D eigenvalue weighted by molar-refractivity contribution is 8.00. The van der Waals surface area contributed by atoms with Crippen molar-refractivity contribution in [3.8, 4) is 17.2 Å². The highest BCUT2D eigenvalue weighted by Gasteiger charge is 2.55. The lowest BCUT2D eigenvalue weighted by atomic mass is 9.75. The third kappa shape index (κ3) is 3.89. The summed E-state index contributed by atoms with van der Waals surface area (Å²) in [4.78, 5) is 27.1. The van der Waals surface area contributed by atoms with Crippen molar-refractivity contribution >= 4 is 34.7 Å². The smallest absolute Gasteiger partial charge is 0.308 e. The predicted octanol–water partition coefficient (Wildman–Crippen LogP) is 4.92. The first-order valence-corrected chi connectivity index (χ1v) is 13.9. The van der Waals surface area contributed by atoms with E-state index in [0.717, 1.165) is 15.5 Å². The highest BCUT2D eigenvalue weighted by atomic mass is 32.2. The molecular weight excluding hydrogens is 496 g/mol. The summed E-state index contributed by atoms with van der Waals surface area (Å²) in [5.74, 6) is 3.12. The molecule has 3 aliphatic rings. The Kier molecular flexibility index (Phi) is 6.00. The molecule has 6 rings (SSSR count). The van der Waals surface area contributed by atoms with Crippen molar-refractivity contribution in [2.75, 3.05) is 19.5 Å². The first-order chi connectivity index (χ1) is 17.5. The highest BCUT2D eigenvalue weighted by Crippen LogP contribution is 2.64. The maximum Gasteiger partial charge on any atom is 0.308 e. The number of rotatable bonds is 6. The number of aromatic nitrogens is 1. The van der Waals surface area contributed by atoms with E-state index in [0.29, 0.717) is 40.2 Å². The normalized spacial score (nSPS) is 25.8. The second-order valence-electron chi connectivity index (χ2n) is 9.80. The number of aromatic hydroxyl groups is 1. The van der Waals surface area contributed by atoms with Crippen molar-refractivity contribution in [3.63, 3.8) is 0 Å². The van der Waals surface area contributed by atoms with Gasteiger partial charge in [-0.25, -0.2) is 0 Å².